The monoisotopic (exact) mass is 750 g/mol. The topological polar surface area (TPSA) is 192 Å². The van der Waals surface area contributed by atoms with Crippen molar-refractivity contribution in [1.29, 1.82) is 0 Å². The number of anilines is 1. The molecule has 3 N–H and O–H groups in total. The second-order valence-electron chi connectivity index (χ2n) is 12.2. The van der Waals surface area contributed by atoms with Crippen LogP contribution in [0.4, 0.5) is 5.82 Å². The molecular formula is C35H36ClN6O9P. The molecule has 1 aliphatic heterocycles. The summed E-state index contributed by atoms with van der Waals surface area (Å²) in [4.78, 5) is 39.2. The normalized spacial score (nSPS) is 20.3. The van der Waals surface area contributed by atoms with Crippen LogP contribution >= 0.6 is 19.4 Å². The molecule has 1 saturated heterocycles. The van der Waals surface area contributed by atoms with E-state index in [1.165, 1.54) is 23.0 Å². The van der Waals surface area contributed by atoms with Crippen molar-refractivity contribution in [2.24, 2.45) is 5.41 Å². The summed E-state index contributed by atoms with van der Waals surface area (Å²) in [5.74, 6) is 1.69. The number of terminal acetylenes is 1. The first kappa shape index (κ1) is 37.1. The van der Waals surface area contributed by atoms with E-state index in [0.29, 0.717) is 17.7 Å². The van der Waals surface area contributed by atoms with Gasteiger partial charge in [0.15, 0.2) is 17.2 Å². The van der Waals surface area contributed by atoms with Gasteiger partial charge in [-0.05, 0) is 68.8 Å². The molecule has 0 bridgehead atoms. The number of hydrogen-bond donors (Lipinski definition) is 2. The molecule has 15 nitrogen and oxygen atoms in total. The molecule has 1 aliphatic rings. The third-order valence-corrected chi connectivity index (χ3v) is 10.5. The minimum absolute atomic E-state index is 0.0244. The zero-order valence-electron chi connectivity index (χ0n) is 28.5. The van der Waals surface area contributed by atoms with Gasteiger partial charge in [-0.2, -0.15) is 9.97 Å². The predicted octanol–water partition coefficient (Wildman–Crippen LogP) is 5.20. The van der Waals surface area contributed by atoms with E-state index in [0.717, 1.165) is 10.9 Å². The number of halogens is 1. The average molecular weight is 751 g/mol. The molecule has 52 heavy (non-hydrogen) atoms. The Kier molecular flexibility index (Phi) is 10.8. The molecule has 0 radical (unpaired) electrons. The summed E-state index contributed by atoms with van der Waals surface area (Å²) in [6, 6.07) is 13.3. The number of nitrogens with zero attached hydrogens (tertiary/aromatic N) is 5. The van der Waals surface area contributed by atoms with Crippen LogP contribution in [0.3, 0.4) is 0 Å². The van der Waals surface area contributed by atoms with Gasteiger partial charge in [0.1, 0.15) is 24.5 Å². The van der Waals surface area contributed by atoms with E-state index in [9.17, 15) is 19.3 Å². The van der Waals surface area contributed by atoms with E-state index in [-0.39, 0.29) is 53.4 Å². The quantitative estimate of drug-likeness (QED) is 0.0495. The number of phosphoric ester groups is 1. The fourth-order valence-corrected chi connectivity index (χ4v) is 7.47. The van der Waals surface area contributed by atoms with Gasteiger partial charge in [-0.3, -0.25) is 22.9 Å². The van der Waals surface area contributed by atoms with Crippen molar-refractivity contribution in [2.75, 3.05) is 32.2 Å². The lowest BCUT2D eigenvalue weighted by Gasteiger charge is -2.32. The molecule has 2 aromatic carbocycles. The summed E-state index contributed by atoms with van der Waals surface area (Å²) < 4.78 is 44.4. The van der Waals surface area contributed by atoms with Gasteiger partial charge in [0.05, 0.1) is 49.8 Å². The van der Waals surface area contributed by atoms with E-state index in [2.05, 4.69) is 20.9 Å². The van der Waals surface area contributed by atoms with E-state index in [1.54, 1.807) is 45.0 Å². The van der Waals surface area contributed by atoms with Gasteiger partial charge in [-0.15, -0.1) is 6.42 Å². The molecule has 0 spiro atoms. The highest BCUT2D eigenvalue weighted by Gasteiger charge is 2.56. The van der Waals surface area contributed by atoms with Crippen LogP contribution < -0.4 is 5.73 Å². The maximum Gasteiger partial charge on any atom is 0.474 e. The number of esters is 1. The number of hydrogen-bond acceptors (Lipinski definition) is 13. The number of rotatable bonds is 14. The maximum atomic E-state index is 13.4. The largest absolute Gasteiger partial charge is 0.474 e. The first-order valence-corrected chi connectivity index (χ1v) is 18.1. The lowest BCUT2D eigenvalue weighted by Crippen LogP contribution is -2.42. The van der Waals surface area contributed by atoms with Gasteiger partial charge >= 0.3 is 13.8 Å². The molecule has 3 aromatic heterocycles. The van der Waals surface area contributed by atoms with Crippen LogP contribution in [-0.4, -0.2) is 79.6 Å². The molecule has 4 heterocycles. The van der Waals surface area contributed by atoms with E-state index in [4.69, 9.17) is 46.8 Å². The highest BCUT2D eigenvalue weighted by Crippen LogP contribution is 2.52. The molecule has 0 aliphatic carbocycles. The zero-order valence-corrected chi connectivity index (χ0v) is 30.1. The molecule has 4 atom stereocenters. The molecule has 6 rings (SSSR count). The number of ether oxygens (including phenoxy) is 2. The molecule has 0 unspecified atom stereocenters. The van der Waals surface area contributed by atoms with Gasteiger partial charge in [-0.25, -0.2) is 14.3 Å². The lowest BCUT2D eigenvalue weighted by atomic mass is 9.83. The number of carbonyl (C=O) groups is 2. The number of aliphatic hydroxyl groups is 1. The standard InChI is InChI=1S/C35H36ClN6O9P/c1-5-15-41-16-14-23-17-24(12-13-25(23)41)28(43)21-8-10-22(11-9-21)32(45)47-19-35(4)29(44)26(18-50-52(46,48-6-2)49-7-3)51-33(35)42-20-38-27-30(37)39-34(36)40-31(27)42/h1,8-14,16-17,20,26,29,33,44H,6-7,15,18-19H2,2-4H3,(H2,37,39,40)/t26-,29-,33-,35-/m1/s1. The summed E-state index contributed by atoms with van der Waals surface area (Å²) in [6.45, 7) is 4.66. The number of aromatic nitrogens is 5. The van der Waals surface area contributed by atoms with Crippen LogP contribution in [0.1, 0.15) is 53.3 Å². The summed E-state index contributed by atoms with van der Waals surface area (Å²) >= 11 is 6.11. The van der Waals surface area contributed by atoms with Crippen LogP contribution in [0.2, 0.25) is 5.28 Å². The average Bonchev–Trinajstić information content (AvgIpc) is 3.80. The minimum Gasteiger partial charge on any atom is -0.461 e. The second kappa shape index (κ2) is 15.1. The number of nitrogen functional groups attached to an aromatic ring is 1. The molecule has 0 saturated carbocycles. The summed E-state index contributed by atoms with van der Waals surface area (Å²) in [7, 11) is -3.97. The molecule has 0 amide bonds. The Labute approximate surface area is 303 Å². The number of carbonyl (C=O) groups excluding carboxylic acids is 2. The van der Waals surface area contributed by atoms with Gasteiger partial charge in [0.25, 0.3) is 0 Å². The number of aliphatic hydroxyl groups excluding tert-OH is 1. The van der Waals surface area contributed by atoms with Gasteiger partial charge in [-0.1, -0.05) is 18.1 Å². The lowest BCUT2D eigenvalue weighted by molar-refractivity contribution is -0.0636. The van der Waals surface area contributed by atoms with Crippen molar-refractivity contribution in [2.45, 2.75) is 45.8 Å². The Bertz CT molecular complexity index is 2210. The minimum atomic E-state index is -3.97. The van der Waals surface area contributed by atoms with Crippen LogP contribution in [0.25, 0.3) is 22.1 Å². The van der Waals surface area contributed by atoms with Crippen molar-refractivity contribution in [3.05, 3.63) is 83.0 Å². The summed E-state index contributed by atoms with van der Waals surface area (Å²) in [5.41, 5.74) is 7.03. The Hall–Kier alpha value is -4.65. The number of nitrogens with two attached hydrogens (primary N) is 1. The number of imidazole rings is 1. The molecule has 17 heteroatoms. The van der Waals surface area contributed by atoms with Gasteiger partial charge in [0, 0.05) is 28.2 Å². The smallest absolute Gasteiger partial charge is 0.461 e. The fourth-order valence-electron chi connectivity index (χ4n) is 6.12. The van der Waals surface area contributed by atoms with Crippen LogP contribution in [-0.2, 0) is 34.2 Å². The predicted molar refractivity (Wildman–Crippen MR) is 191 cm³/mol. The molecule has 5 aromatic rings. The Morgan fingerprint density at radius 2 is 1.77 bits per heavy atom. The van der Waals surface area contributed by atoms with Crippen molar-refractivity contribution in [3.8, 4) is 12.3 Å². The van der Waals surface area contributed by atoms with Gasteiger partial charge in [0.2, 0.25) is 5.28 Å². The molecule has 272 valence electrons. The maximum absolute atomic E-state index is 13.4. The summed E-state index contributed by atoms with van der Waals surface area (Å²) in [5, 5.41) is 12.4. The van der Waals surface area contributed by atoms with Crippen molar-refractivity contribution in [1.82, 2.24) is 24.1 Å². The molecular weight excluding hydrogens is 715 g/mol. The first-order valence-electron chi connectivity index (χ1n) is 16.3. The number of ketones is 1. The van der Waals surface area contributed by atoms with Crippen LogP contribution in [0.5, 0.6) is 0 Å². The van der Waals surface area contributed by atoms with E-state index >= 15 is 0 Å². The number of benzene rings is 2. The van der Waals surface area contributed by atoms with Crippen molar-refractivity contribution >= 4 is 59.1 Å². The Morgan fingerprint density at radius 1 is 1.08 bits per heavy atom. The van der Waals surface area contributed by atoms with Crippen molar-refractivity contribution in [3.63, 3.8) is 0 Å². The third-order valence-electron chi connectivity index (χ3n) is 8.73. The second-order valence-corrected chi connectivity index (χ2v) is 14.2. The first-order chi connectivity index (χ1) is 24.9. The van der Waals surface area contributed by atoms with E-state index in [1.807, 2.05) is 22.9 Å². The van der Waals surface area contributed by atoms with Gasteiger partial charge < -0.3 is 24.9 Å². The summed E-state index contributed by atoms with van der Waals surface area (Å²) in [6.07, 6.45) is 5.18. The number of phosphoric acid groups is 1. The number of fused-ring (bicyclic) bond motifs is 2. The Balaban J connectivity index is 1.21. The van der Waals surface area contributed by atoms with Crippen molar-refractivity contribution < 1.29 is 42.3 Å². The highest BCUT2D eigenvalue weighted by molar-refractivity contribution is 7.48. The van der Waals surface area contributed by atoms with Crippen LogP contribution in [0.15, 0.2) is 61.1 Å². The zero-order chi connectivity index (χ0) is 37.2. The Morgan fingerprint density at radius 3 is 2.46 bits per heavy atom. The highest BCUT2D eigenvalue weighted by atomic mass is 35.5. The van der Waals surface area contributed by atoms with Crippen LogP contribution in [0, 0.1) is 17.8 Å². The van der Waals surface area contributed by atoms with E-state index < -0.39 is 44.2 Å². The third kappa shape index (κ3) is 7.19. The SMILES string of the molecule is C#CCn1ccc2cc(C(=O)c3ccc(C(=O)OC[C@]4(C)[C@H](O)[C@@H](COP(=O)(OCC)OCC)O[C@H]4n4cnc5c(N)nc(Cl)nc54)cc3)ccc21. The molecule has 1 fully saturated rings. The fraction of sp³-hybridized carbons (Fsp3) is 0.343.